The van der Waals surface area contributed by atoms with Crippen molar-refractivity contribution in [2.75, 3.05) is 33.3 Å². The molecule has 130 valence electrons. The van der Waals surface area contributed by atoms with E-state index in [1.165, 1.54) is 0 Å². The molecule has 1 heterocycles. The number of halogens is 1. The number of ether oxygens (including phenoxy) is 1. The Kier molecular flexibility index (Phi) is 5.57. The van der Waals surface area contributed by atoms with Gasteiger partial charge >= 0.3 is 0 Å². The van der Waals surface area contributed by atoms with Gasteiger partial charge in [0.05, 0.1) is 7.11 Å². The predicted octanol–water partition coefficient (Wildman–Crippen LogP) is 2.90. The van der Waals surface area contributed by atoms with Gasteiger partial charge in [-0.15, -0.1) is 0 Å². The number of amides is 2. The van der Waals surface area contributed by atoms with Crippen LogP contribution < -0.4 is 4.74 Å². The molecule has 1 aliphatic rings. The Morgan fingerprint density at radius 1 is 0.880 bits per heavy atom. The number of hydrogen-bond acceptors (Lipinski definition) is 3. The van der Waals surface area contributed by atoms with Crippen molar-refractivity contribution in [2.24, 2.45) is 0 Å². The number of nitrogens with zero attached hydrogens (tertiary/aromatic N) is 2. The van der Waals surface area contributed by atoms with Crippen LogP contribution in [0, 0.1) is 3.57 Å². The van der Waals surface area contributed by atoms with Crippen LogP contribution in [0.3, 0.4) is 0 Å². The Hall–Kier alpha value is -2.09. The minimum atomic E-state index is -0.0275. The van der Waals surface area contributed by atoms with E-state index in [4.69, 9.17) is 4.74 Å². The molecule has 2 aromatic rings. The minimum absolute atomic E-state index is 0.0184. The molecule has 0 spiro atoms. The molecule has 1 fully saturated rings. The molecule has 0 aromatic heterocycles. The van der Waals surface area contributed by atoms with Gasteiger partial charge in [0.15, 0.2) is 0 Å². The maximum Gasteiger partial charge on any atom is 0.254 e. The summed E-state index contributed by atoms with van der Waals surface area (Å²) < 4.78 is 6.27. The third kappa shape index (κ3) is 4.12. The molecule has 2 amide bonds. The highest BCUT2D eigenvalue weighted by Crippen LogP contribution is 2.16. The molecule has 0 bridgehead atoms. The third-order valence-corrected chi connectivity index (χ3v) is 4.98. The summed E-state index contributed by atoms with van der Waals surface area (Å²) >= 11 is 2.22. The Bertz CT molecular complexity index is 768. The van der Waals surface area contributed by atoms with Gasteiger partial charge in [-0.1, -0.05) is 6.07 Å². The van der Waals surface area contributed by atoms with Crippen LogP contribution in [0.2, 0.25) is 0 Å². The van der Waals surface area contributed by atoms with E-state index in [1.807, 2.05) is 36.4 Å². The number of hydrogen-bond donors (Lipinski definition) is 0. The highest BCUT2D eigenvalue weighted by atomic mass is 127. The second-order valence-corrected chi connectivity index (χ2v) is 7.07. The summed E-state index contributed by atoms with van der Waals surface area (Å²) in [4.78, 5) is 28.7. The third-order valence-electron chi connectivity index (χ3n) is 4.26. The van der Waals surface area contributed by atoms with E-state index < -0.39 is 0 Å². The van der Waals surface area contributed by atoms with E-state index >= 15 is 0 Å². The largest absolute Gasteiger partial charge is 0.497 e. The molecule has 0 saturated carbocycles. The molecule has 5 nitrogen and oxygen atoms in total. The first kappa shape index (κ1) is 17.7. The average Bonchev–Trinajstić information content (AvgIpc) is 2.67. The maximum absolute atomic E-state index is 12.6. The van der Waals surface area contributed by atoms with Crippen molar-refractivity contribution >= 4 is 34.4 Å². The fourth-order valence-electron chi connectivity index (χ4n) is 2.83. The summed E-state index contributed by atoms with van der Waals surface area (Å²) in [5.41, 5.74) is 1.30. The summed E-state index contributed by atoms with van der Waals surface area (Å²) in [6.45, 7) is 2.15. The first-order valence-corrected chi connectivity index (χ1v) is 9.14. The van der Waals surface area contributed by atoms with E-state index in [2.05, 4.69) is 22.6 Å². The summed E-state index contributed by atoms with van der Waals surface area (Å²) in [7, 11) is 1.58. The van der Waals surface area contributed by atoms with Gasteiger partial charge in [0.1, 0.15) is 5.75 Å². The summed E-state index contributed by atoms with van der Waals surface area (Å²) in [6.07, 6.45) is 0. The molecule has 0 radical (unpaired) electrons. The zero-order valence-electron chi connectivity index (χ0n) is 13.9. The normalized spacial score (nSPS) is 14.3. The lowest BCUT2D eigenvalue weighted by atomic mass is 10.1. The van der Waals surface area contributed by atoms with Crippen molar-refractivity contribution in [2.45, 2.75) is 0 Å². The van der Waals surface area contributed by atoms with Crippen molar-refractivity contribution < 1.29 is 14.3 Å². The summed E-state index contributed by atoms with van der Waals surface area (Å²) in [5, 5.41) is 0. The first-order valence-electron chi connectivity index (χ1n) is 8.06. The second-order valence-electron chi connectivity index (χ2n) is 5.82. The predicted molar refractivity (Wildman–Crippen MR) is 104 cm³/mol. The van der Waals surface area contributed by atoms with Gasteiger partial charge in [0.25, 0.3) is 11.8 Å². The smallest absolute Gasteiger partial charge is 0.254 e. The Balaban J connectivity index is 1.62. The molecule has 1 aliphatic heterocycles. The van der Waals surface area contributed by atoms with Gasteiger partial charge in [0.2, 0.25) is 0 Å². The van der Waals surface area contributed by atoms with Crippen molar-refractivity contribution in [3.63, 3.8) is 0 Å². The molecule has 0 atom stereocenters. The van der Waals surface area contributed by atoms with Crippen molar-refractivity contribution in [1.29, 1.82) is 0 Å². The Morgan fingerprint density at radius 3 is 2.00 bits per heavy atom. The number of piperazine rings is 1. The van der Waals surface area contributed by atoms with Crippen LogP contribution in [-0.4, -0.2) is 54.9 Å². The molecule has 2 aromatic carbocycles. The SMILES string of the molecule is COc1cccc(C(=O)N2CCN(C(=O)c3ccc(I)cc3)CC2)c1. The highest BCUT2D eigenvalue weighted by Gasteiger charge is 2.25. The number of benzene rings is 2. The van der Waals surface area contributed by atoms with Crippen LogP contribution in [0.1, 0.15) is 20.7 Å². The molecule has 6 heteroatoms. The second kappa shape index (κ2) is 7.86. The minimum Gasteiger partial charge on any atom is -0.497 e. The van der Waals surface area contributed by atoms with E-state index in [0.717, 1.165) is 3.57 Å². The Morgan fingerprint density at radius 2 is 1.44 bits per heavy atom. The lowest BCUT2D eigenvalue weighted by Gasteiger charge is -2.35. The molecule has 0 aliphatic carbocycles. The van der Waals surface area contributed by atoms with E-state index in [1.54, 1.807) is 29.0 Å². The zero-order chi connectivity index (χ0) is 17.8. The molecular weight excluding hydrogens is 431 g/mol. The number of rotatable bonds is 3. The summed E-state index contributed by atoms with van der Waals surface area (Å²) in [6, 6.07) is 14.7. The van der Waals surface area contributed by atoms with E-state index in [-0.39, 0.29) is 11.8 Å². The number of carbonyl (C=O) groups is 2. The van der Waals surface area contributed by atoms with E-state index in [0.29, 0.717) is 43.1 Å². The van der Waals surface area contributed by atoms with Crippen molar-refractivity contribution in [3.8, 4) is 5.75 Å². The fourth-order valence-corrected chi connectivity index (χ4v) is 3.19. The average molecular weight is 450 g/mol. The van der Waals surface area contributed by atoms with Crippen molar-refractivity contribution in [1.82, 2.24) is 9.80 Å². The monoisotopic (exact) mass is 450 g/mol. The quantitative estimate of drug-likeness (QED) is 0.676. The number of carbonyl (C=O) groups excluding carboxylic acids is 2. The lowest BCUT2D eigenvalue weighted by Crippen LogP contribution is -2.50. The van der Waals surface area contributed by atoms with Gasteiger partial charge in [-0.05, 0) is 65.1 Å². The molecule has 0 unspecified atom stereocenters. The van der Waals surface area contributed by atoms with Gasteiger partial charge in [-0.25, -0.2) is 0 Å². The molecular formula is C19H19IN2O3. The van der Waals surface area contributed by atoms with Crippen LogP contribution >= 0.6 is 22.6 Å². The number of methoxy groups -OCH3 is 1. The van der Waals surface area contributed by atoms with Crippen LogP contribution in [0.5, 0.6) is 5.75 Å². The summed E-state index contributed by atoms with van der Waals surface area (Å²) in [5.74, 6) is 0.656. The zero-order valence-corrected chi connectivity index (χ0v) is 16.1. The topological polar surface area (TPSA) is 49.9 Å². The Labute approximate surface area is 160 Å². The van der Waals surface area contributed by atoms with Gasteiger partial charge in [-0.3, -0.25) is 9.59 Å². The molecule has 1 saturated heterocycles. The first-order chi connectivity index (χ1) is 12.1. The lowest BCUT2D eigenvalue weighted by molar-refractivity contribution is 0.0535. The van der Waals surface area contributed by atoms with Gasteiger partial charge < -0.3 is 14.5 Å². The van der Waals surface area contributed by atoms with Crippen LogP contribution in [-0.2, 0) is 0 Å². The maximum atomic E-state index is 12.6. The fraction of sp³-hybridized carbons (Fsp3) is 0.263. The van der Waals surface area contributed by atoms with Crippen molar-refractivity contribution in [3.05, 3.63) is 63.2 Å². The molecule has 25 heavy (non-hydrogen) atoms. The van der Waals surface area contributed by atoms with Crippen LogP contribution in [0.15, 0.2) is 48.5 Å². The van der Waals surface area contributed by atoms with Crippen LogP contribution in [0.25, 0.3) is 0 Å². The highest BCUT2D eigenvalue weighted by molar-refractivity contribution is 14.1. The molecule has 3 rings (SSSR count). The standard InChI is InChI=1S/C19H19IN2O3/c1-25-17-4-2-3-15(13-17)19(24)22-11-9-21(10-12-22)18(23)14-5-7-16(20)8-6-14/h2-8,13H,9-12H2,1H3. The van der Waals surface area contributed by atoms with E-state index in [9.17, 15) is 9.59 Å². The van der Waals surface area contributed by atoms with Gasteiger partial charge in [0, 0.05) is 40.9 Å². The van der Waals surface area contributed by atoms with Gasteiger partial charge in [-0.2, -0.15) is 0 Å². The molecule has 0 N–H and O–H groups in total. The van der Waals surface area contributed by atoms with Crippen LogP contribution in [0.4, 0.5) is 0 Å².